The Hall–Kier alpha value is -3.22. The van der Waals surface area contributed by atoms with Crippen molar-refractivity contribution >= 4 is 18.3 Å². The van der Waals surface area contributed by atoms with E-state index in [4.69, 9.17) is 15.0 Å². The highest BCUT2D eigenvalue weighted by Crippen LogP contribution is 2.41. The molecule has 2 aliphatic rings. The molecular weight excluding hydrogens is 514 g/mol. The maximum atomic E-state index is 14.2. The van der Waals surface area contributed by atoms with Crippen LogP contribution in [0.15, 0.2) is 60.9 Å². The van der Waals surface area contributed by atoms with Crippen molar-refractivity contribution in [1.29, 1.82) is 5.26 Å². The molecule has 39 heavy (non-hydrogen) atoms. The minimum Gasteiger partial charge on any atom is -0.385 e. The third kappa shape index (κ3) is 6.02. The van der Waals surface area contributed by atoms with Crippen molar-refractivity contribution in [3.05, 3.63) is 77.7 Å². The second kappa shape index (κ2) is 12.8. The molecule has 2 fully saturated rings. The number of carbonyl (C=O) groups excluding carboxylic acids is 1. The Bertz CT molecular complexity index is 1290. The van der Waals surface area contributed by atoms with E-state index in [1.165, 1.54) is 0 Å². The number of aliphatic hydroxyl groups is 1. The monoisotopic (exact) mass is 549 g/mol. The van der Waals surface area contributed by atoms with Crippen molar-refractivity contribution in [3.8, 4) is 17.3 Å². The number of nitriles is 1. The number of aromatic nitrogens is 2. The van der Waals surface area contributed by atoms with Gasteiger partial charge in [-0.15, -0.1) is 12.4 Å². The van der Waals surface area contributed by atoms with Crippen LogP contribution in [0.2, 0.25) is 0 Å². The standard InChI is InChI=1S/C30H35N5O3.ClH/c1-38-20-30(37)14-6-5-9-26(30)35-21-33-27(28(35)24-7-3-2-4-8-24)29(36)34-16-15-32-19-25(34)17-22-10-12-23(18-31)13-11-22;/h2-4,7-8,10-13,21,25-26,32,37H,5-6,9,14-17,19-20H2,1H3;1H/t25-,26-,30-;/m1./s1. The number of amides is 1. The quantitative estimate of drug-likeness (QED) is 0.462. The minimum absolute atomic E-state index is 0. The molecule has 0 bridgehead atoms. The number of benzene rings is 2. The number of nitrogens with zero attached hydrogens (tertiary/aromatic N) is 4. The van der Waals surface area contributed by atoms with E-state index in [-0.39, 0.29) is 37.0 Å². The van der Waals surface area contributed by atoms with Crippen molar-refractivity contribution in [2.24, 2.45) is 0 Å². The van der Waals surface area contributed by atoms with E-state index in [0.29, 0.717) is 43.7 Å². The summed E-state index contributed by atoms with van der Waals surface area (Å²) in [5.74, 6) is -0.103. The average Bonchev–Trinajstić information content (AvgIpc) is 3.39. The molecular formula is C30H36ClN5O3. The molecule has 206 valence electrons. The van der Waals surface area contributed by atoms with E-state index < -0.39 is 5.60 Å². The predicted octanol–water partition coefficient (Wildman–Crippen LogP) is 3.99. The number of piperazine rings is 1. The van der Waals surface area contributed by atoms with Crippen LogP contribution in [0.3, 0.4) is 0 Å². The number of methoxy groups -OCH3 is 1. The second-order valence-electron chi connectivity index (χ2n) is 10.4. The molecule has 1 aliphatic carbocycles. The molecule has 5 rings (SSSR count). The molecule has 1 saturated carbocycles. The molecule has 9 heteroatoms. The summed E-state index contributed by atoms with van der Waals surface area (Å²) in [5.41, 5.74) is 2.73. The first-order valence-corrected chi connectivity index (χ1v) is 13.4. The Labute approximate surface area is 236 Å². The Kier molecular flexibility index (Phi) is 9.41. The second-order valence-corrected chi connectivity index (χ2v) is 10.4. The van der Waals surface area contributed by atoms with E-state index in [9.17, 15) is 9.90 Å². The van der Waals surface area contributed by atoms with Crippen molar-refractivity contribution in [2.75, 3.05) is 33.4 Å². The number of hydrogen-bond donors (Lipinski definition) is 2. The number of rotatable bonds is 7. The lowest BCUT2D eigenvalue weighted by atomic mass is 9.80. The first kappa shape index (κ1) is 28.8. The maximum Gasteiger partial charge on any atom is 0.275 e. The predicted molar refractivity (Wildman–Crippen MR) is 152 cm³/mol. The third-order valence-corrected chi connectivity index (χ3v) is 7.90. The Morgan fingerprint density at radius 1 is 1.21 bits per heavy atom. The number of hydrogen-bond acceptors (Lipinski definition) is 6. The fourth-order valence-electron chi connectivity index (χ4n) is 5.99. The molecule has 2 aromatic carbocycles. The van der Waals surface area contributed by atoms with Crippen molar-refractivity contribution in [1.82, 2.24) is 19.8 Å². The van der Waals surface area contributed by atoms with Gasteiger partial charge in [-0.05, 0) is 37.0 Å². The van der Waals surface area contributed by atoms with Gasteiger partial charge in [0.25, 0.3) is 5.91 Å². The molecule has 3 aromatic rings. The summed E-state index contributed by atoms with van der Waals surface area (Å²) >= 11 is 0. The van der Waals surface area contributed by atoms with Gasteiger partial charge in [0.2, 0.25) is 0 Å². The van der Waals surface area contributed by atoms with E-state index in [0.717, 1.165) is 36.1 Å². The number of carbonyl (C=O) groups is 1. The van der Waals surface area contributed by atoms with Gasteiger partial charge >= 0.3 is 0 Å². The molecule has 3 atom stereocenters. The molecule has 1 saturated heterocycles. The zero-order chi connectivity index (χ0) is 26.5. The zero-order valence-corrected chi connectivity index (χ0v) is 23.1. The third-order valence-electron chi connectivity index (χ3n) is 7.90. The highest BCUT2D eigenvalue weighted by molar-refractivity contribution is 5.98. The lowest BCUT2D eigenvalue weighted by molar-refractivity contribution is -0.0893. The zero-order valence-electron chi connectivity index (χ0n) is 22.3. The first-order valence-electron chi connectivity index (χ1n) is 13.4. The van der Waals surface area contributed by atoms with Crippen LogP contribution in [0.1, 0.15) is 53.3 Å². The summed E-state index contributed by atoms with van der Waals surface area (Å²) in [5, 5.41) is 24.1. The summed E-state index contributed by atoms with van der Waals surface area (Å²) < 4.78 is 7.45. The van der Waals surface area contributed by atoms with E-state index in [2.05, 4.69) is 11.4 Å². The van der Waals surface area contributed by atoms with Gasteiger partial charge in [0.15, 0.2) is 5.69 Å². The fourth-order valence-corrected chi connectivity index (χ4v) is 5.99. The molecule has 2 N–H and O–H groups in total. The van der Waals surface area contributed by atoms with Crippen LogP contribution in [0.4, 0.5) is 0 Å². The topological polar surface area (TPSA) is 103 Å². The molecule has 0 spiro atoms. The van der Waals surface area contributed by atoms with Crippen LogP contribution in [-0.4, -0.2) is 70.5 Å². The SMILES string of the molecule is COC[C@]1(O)CCCC[C@H]1n1cnc(C(=O)N2CCNC[C@H]2Cc2ccc(C#N)cc2)c1-c1ccccc1.Cl. The van der Waals surface area contributed by atoms with Crippen LogP contribution in [0.5, 0.6) is 0 Å². The van der Waals surface area contributed by atoms with Crippen molar-refractivity contribution < 1.29 is 14.6 Å². The molecule has 0 unspecified atom stereocenters. The Morgan fingerprint density at radius 3 is 2.69 bits per heavy atom. The number of imidazole rings is 1. The molecule has 1 aromatic heterocycles. The smallest absolute Gasteiger partial charge is 0.275 e. The number of halogens is 1. The molecule has 8 nitrogen and oxygen atoms in total. The summed E-state index contributed by atoms with van der Waals surface area (Å²) in [7, 11) is 1.61. The Morgan fingerprint density at radius 2 is 1.97 bits per heavy atom. The lowest BCUT2D eigenvalue weighted by Gasteiger charge is -2.41. The maximum absolute atomic E-state index is 14.2. The van der Waals surface area contributed by atoms with Gasteiger partial charge in [-0.3, -0.25) is 4.79 Å². The Balaban J connectivity index is 0.00000353. The fraction of sp³-hybridized carbons (Fsp3) is 0.433. The summed E-state index contributed by atoms with van der Waals surface area (Å²) in [4.78, 5) is 20.8. The van der Waals surface area contributed by atoms with Crippen LogP contribution < -0.4 is 5.32 Å². The van der Waals surface area contributed by atoms with Gasteiger partial charge in [0, 0.05) is 38.3 Å². The van der Waals surface area contributed by atoms with Crippen LogP contribution >= 0.6 is 12.4 Å². The summed E-state index contributed by atoms with van der Waals surface area (Å²) in [6.45, 7) is 2.21. The molecule has 2 heterocycles. The van der Waals surface area contributed by atoms with Crippen molar-refractivity contribution in [3.63, 3.8) is 0 Å². The number of ether oxygens (including phenoxy) is 1. The van der Waals surface area contributed by atoms with Gasteiger partial charge in [-0.1, -0.05) is 55.3 Å². The van der Waals surface area contributed by atoms with Gasteiger partial charge in [0.1, 0.15) is 5.60 Å². The normalized spacial score (nSPS) is 23.1. The number of nitrogens with one attached hydrogen (secondary N) is 1. The summed E-state index contributed by atoms with van der Waals surface area (Å²) in [6, 6.07) is 19.3. The minimum atomic E-state index is -1.02. The van der Waals surface area contributed by atoms with Gasteiger partial charge in [0.05, 0.1) is 36.3 Å². The average molecular weight is 550 g/mol. The van der Waals surface area contributed by atoms with Gasteiger partial charge in [-0.25, -0.2) is 4.98 Å². The molecule has 1 aliphatic heterocycles. The van der Waals surface area contributed by atoms with Gasteiger partial charge < -0.3 is 24.6 Å². The molecule has 1 amide bonds. The van der Waals surface area contributed by atoms with Crippen LogP contribution in [0.25, 0.3) is 11.3 Å². The first-order chi connectivity index (χ1) is 18.5. The van der Waals surface area contributed by atoms with Crippen molar-refractivity contribution in [2.45, 2.75) is 49.8 Å². The highest BCUT2D eigenvalue weighted by atomic mass is 35.5. The van der Waals surface area contributed by atoms with E-state index in [1.54, 1.807) is 13.4 Å². The summed E-state index contributed by atoms with van der Waals surface area (Å²) in [6.07, 6.45) is 5.78. The van der Waals surface area contributed by atoms with Crippen LogP contribution in [0, 0.1) is 11.3 Å². The van der Waals surface area contributed by atoms with Crippen LogP contribution in [-0.2, 0) is 11.2 Å². The largest absolute Gasteiger partial charge is 0.385 e. The highest BCUT2D eigenvalue weighted by Gasteiger charge is 2.42. The van der Waals surface area contributed by atoms with E-state index >= 15 is 0 Å². The lowest BCUT2D eigenvalue weighted by Crippen LogP contribution is -2.54. The molecule has 0 radical (unpaired) electrons. The van der Waals surface area contributed by atoms with E-state index in [1.807, 2.05) is 64.1 Å². The van der Waals surface area contributed by atoms with Gasteiger partial charge in [-0.2, -0.15) is 5.26 Å².